The van der Waals surface area contributed by atoms with Crippen LogP contribution >= 0.6 is 11.6 Å². The van der Waals surface area contributed by atoms with Gasteiger partial charge in [0, 0.05) is 24.3 Å². The largest absolute Gasteiger partial charge is 0.494 e. The SMILES string of the molecule is Cn1c(O)c(C=NC2CCCC(Cl)C2)c2c1CCCC2. The summed E-state index contributed by atoms with van der Waals surface area (Å²) in [6.07, 6.45) is 10.8. The van der Waals surface area contributed by atoms with Crippen LogP contribution in [0.1, 0.15) is 55.3 Å². The predicted molar refractivity (Wildman–Crippen MR) is 83.2 cm³/mol. The first-order chi connectivity index (χ1) is 9.66. The predicted octanol–water partition coefficient (Wildman–Crippen LogP) is 3.58. The first-order valence-electron chi connectivity index (χ1n) is 7.73. The van der Waals surface area contributed by atoms with Gasteiger partial charge in [-0.2, -0.15) is 0 Å². The Bertz CT molecular complexity index is 521. The van der Waals surface area contributed by atoms with Crippen molar-refractivity contribution in [1.82, 2.24) is 4.57 Å². The second-order valence-electron chi connectivity index (χ2n) is 6.12. The number of rotatable bonds is 2. The summed E-state index contributed by atoms with van der Waals surface area (Å²) in [5.41, 5.74) is 3.53. The number of hydrogen-bond donors (Lipinski definition) is 1. The van der Waals surface area contributed by atoms with Gasteiger partial charge in [0.25, 0.3) is 0 Å². The van der Waals surface area contributed by atoms with Crippen LogP contribution in [0, 0.1) is 0 Å². The molecule has 3 nitrogen and oxygen atoms in total. The summed E-state index contributed by atoms with van der Waals surface area (Å²) in [5, 5.41) is 10.6. The lowest BCUT2D eigenvalue weighted by atomic mass is 9.94. The molecule has 1 fully saturated rings. The van der Waals surface area contributed by atoms with E-state index >= 15 is 0 Å². The molecule has 0 amide bonds. The van der Waals surface area contributed by atoms with Crippen molar-refractivity contribution in [2.45, 2.75) is 62.8 Å². The van der Waals surface area contributed by atoms with Crippen LogP contribution in [0.25, 0.3) is 0 Å². The quantitative estimate of drug-likeness (QED) is 0.657. The molecular formula is C16H23ClN2O. The third-order valence-corrected chi connectivity index (χ3v) is 5.12. The van der Waals surface area contributed by atoms with E-state index in [4.69, 9.17) is 16.6 Å². The van der Waals surface area contributed by atoms with E-state index in [2.05, 4.69) is 0 Å². The first-order valence-corrected chi connectivity index (χ1v) is 8.17. The van der Waals surface area contributed by atoms with Gasteiger partial charge in [-0.1, -0.05) is 0 Å². The van der Waals surface area contributed by atoms with Crippen molar-refractivity contribution in [1.29, 1.82) is 0 Å². The third-order valence-electron chi connectivity index (χ3n) is 4.72. The number of halogens is 1. The lowest BCUT2D eigenvalue weighted by Crippen LogP contribution is -2.18. The zero-order valence-electron chi connectivity index (χ0n) is 12.1. The summed E-state index contributed by atoms with van der Waals surface area (Å²) >= 11 is 6.22. The molecule has 20 heavy (non-hydrogen) atoms. The van der Waals surface area contributed by atoms with Crippen molar-refractivity contribution >= 4 is 17.8 Å². The van der Waals surface area contributed by atoms with Gasteiger partial charge in [0.2, 0.25) is 0 Å². The van der Waals surface area contributed by atoms with E-state index in [1.807, 2.05) is 17.8 Å². The fourth-order valence-electron chi connectivity index (χ4n) is 3.55. The first kappa shape index (κ1) is 14.0. The van der Waals surface area contributed by atoms with E-state index < -0.39 is 0 Å². The standard InChI is InChI=1S/C16H23ClN2O/c1-19-15-8-3-2-7-13(15)14(16(19)20)10-18-12-6-4-5-11(17)9-12/h10-12,20H,2-9H2,1H3. The average molecular weight is 295 g/mol. The van der Waals surface area contributed by atoms with Crippen molar-refractivity contribution < 1.29 is 5.11 Å². The molecule has 0 saturated heterocycles. The van der Waals surface area contributed by atoms with Crippen LogP contribution in [-0.2, 0) is 19.9 Å². The lowest BCUT2D eigenvalue weighted by molar-refractivity contribution is 0.426. The Morgan fingerprint density at radius 3 is 2.85 bits per heavy atom. The number of fused-ring (bicyclic) bond motifs is 1. The van der Waals surface area contributed by atoms with E-state index in [0.717, 1.165) is 44.1 Å². The highest BCUT2D eigenvalue weighted by Gasteiger charge is 2.23. The van der Waals surface area contributed by atoms with Crippen molar-refractivity contribution in [3.05, 3.63) is 16.8 Å². The molecule has 2 unspecified atom stereocenters. The molecule has 110 valence electrons. The Labute approximate surface area is 125 Å². The number of nitrogens with zero attached hydrogens (tertiary/aromatic N) is 2. The molecule has 2 aliphatic carbocycles. The van der Waals surface area contributed by atoms with Crippen LogP contribution in [0.4, 0.5) is 0 Å². The second-order valence-corrected chi connectivity index (χ2v) is 6.74. The lowest BCUT2D eigenvalue weighted by Gasteiger charge is -2.22. The van der Waals surface area contributed by atoms with Crippen LogP contribution in [0.15, 0.2) is 4.99 Å². The summed E-state index contributed by atoms with van der Waals surface area (Å²) in [4.78, 5) is 4.70. The number of hydrogen-bond acceptors (Lipinski definition) is 2. The van der Waals surface area contributed by atoms with Crippen LogP contribution in [0.5, 0.6) is 5.88 Å². The van der Waals surface area contributed by atoms with Crippen LogP contribution in [0.3, 0.4) is 0 Å². The molecule has 2 aliphatic rings. The molecule has 1 aromatic heterocycles. The van der Waals surface area contributed by atoms with Gasteiger partial charge in [-0.15, -0.1) is 11.6 Å². The van der Waals surface area contributed by atoms with Crippen LogP contribution in [0.2, 0.25) is 0 Å². The summed E-state index contributed by atoms with van der Waals surface area (Å²) in [5.74, 6) is 0.374. The Hall–Kier alpha value is -0.960. The second kappa shape index (κ2) is 5.80. The van der Waals surface area contributed by atoms with Crippen LogP contribution in [-0.4, -0.2) is 27.3 Å². The number of aromatic nitrogens is 1. The normalized spacial score (nSPS) is 26.9. The molecule has 0 aromatic carbocycles. The zero-order valence-corrected chi connectivity index (χ0v) is 12.9. The summed E-state index contributed by atoms with van der Waals surface area (Å²) in [6.45, 7) is 0. The van der Waals surface area contributed by atoms with Gasteiger partial charge in [-0.25, -0.2) is 0 Å². The van der Waals surface area contributed by atoms with E-state index in [1.54, 1.807) is 0 Å². The highest BCUT2D eigenvalue weighted by Crippen LogP contribution is 2.32. The summed E-state index contributed by atoms with van der Waals surface area (Å²) in [7, 11) is 1.95. The maximum Gasteiger partial charge on any atom is 0.200 e. The Kier molecular flexibility index (Phi) is 4.06. The van der Waals surface area contributed by atoms with Crippen molar-refractivity contribution in [2.75, 3.05) is 0 Å². The molecule has 0 aliphatic heterocycles. The minimum absolute atomic E-state index is 0.268. The van der Waals surface area contributed by atoms with E-state index in [1.165, 1.54) is 24.1 Å². The summed E-state index contributed by atoms with van der Waals surface area (Å²) in [6, 6.07) is 0.324. The molecule has 1 N–H and O–H groups in total. The van der Waals surface area contributed by atoms with E-state index in [9.17, 15) is 5.11 Å². The number of alkyl halides is 1. The molecule has 0 spiro atoms. The van der Waals surface area contributed by atoms with E-state index in [-0.39, 0.29) is 5.38 Å². The van der Waals surface area contributed by atoms with Crippen LogP contribution < -0.4 is 0 Å². The van der Waals surface area contributed by atoms with Gasteiger partial charge in [0.05, 0.1) is 11.6 Å². The molecule has 1 saturated carbocycles. The third kappa shape index (κ3) is 2.60. The van der Waals surface area contributed by atoms with Crippen molar-refractivity contribution in [2.24, 2.45) is 12.0 Å². The minimum atomic E-state index is 0.268. The number of aromatic hydroxyl groups is 1. The molecule has 1 aromatic rings. The average Bonchev–Trinajstić information content (AvgIpc) is 2.70. The minimum Gasteiger partial charge on any atom is -0.494 e. The van der Waals surface area contributed by atoms with Gasteiger partial charge in [0.15, 0.2) is 5.88 Å². The molecule has 1 heterocycles. The highest BCUT2D eigenvalue weighted by molar-refractivity contribution is 6.20. The molecule has 4 heteroatoms. The van der Waals surface area contributed by atoms with Gasteiger partial charge >= 0.3 is 0 Å². The monoisotopic (exact) mass is 294 g/mol. The topological polar surface area (TPSA) is 37.5 Å². The Morgan fingerprint density at radius 1 is 1.25 bits per heavy atom. The maximum absolute atomic E-state index is 10.3. The molecule has 0 bridgehead atoms. The van der Waals surface area contributed by atoms with Gasteiger partial charge in [-0.3, -0.25) is 4.99 Å². The van der Waals surface area contributed by atoms with Gasteiger partial charge < -0.3 is 9.67 Å². The molecule has 2 atom stereocenters. The van der Waals surface area contributed by atoms with Crippen molar-refractivity contribution in [3.8, 4) is 5.88 Å². The van der Waals surface area contributed by atoms with Gasteiger partial charge in [0.1, 0.15) is 0 Å². The summed E-state index contributed by atoms with van der Waals surface area (Å²) < 4.78 is 1.93. The van der Waals surface area contributed by atoms with Crippen molar-refractivity contribution in [3.63, 3.8) is 0 Å². The fraction of sp³-hybridized carbons (Fsp3) is 0.688. The Balaban J connectivity index is 1.83. The smallest absolute Gasteiger partial charge is 0.200 e. The fourth-order valence-corrected chi connectivity index (χ4v) is 3.91. The molecule has 3 rings (SSSR count). The highest BCUT2D eigenvalue weighted by atomic mass is 35.5. The molecule has 0 radical (unpaired) electrons. The van der Waals surface area contributed by atoms with Gasteiger partial charge in [-0.05, 0) is 56.9 Å². The molecular weight excluding hydrogens is 272 g/mol. The van der Waals surface area contributed by atoms with E-state index in [0.29, 0.717) is 11.9 Å². The number of aliphatic imine (C=N–C) groups is 1. The zero-order chi connectivity index (χ0) is 14.1. The Morgan fingerprint density at radius 2 is 2.05 bits per heavy atom. The maximum atomic E-state index is 10.3.